The zero-order chi connectivity index (χ0) is 12.8. The van der Waals surface area contributed by atoms with Crippen LogP contribution in [-0.2, 0) is 0 Å². The van der Waals surface area contributed by atoms with Crippen LogP contribution in [0, 0.1) is 0 Å². The summed E-state index contributed by atoms with van der Waals surface area (Å²) in [4.78, 5) is 2.47. The van der Waals surface area contributed by atoms with E-state index in [0.29, 0.717) is 0 Å². The third-order valence-corrected chi connectivity index (χ3v) is 4.09. The summed E-state index contributed by atoms with van der Waals surface area (Å²) in [5.41, 5.74) is 1.07. The molecule has 1 unspecified atom stereocenters. The van der Waals surface area contributed by atoms with Crippen molar-refractivity contribution in [3.63, 3.8) is 0 Å². The maximum Gasteiger partial charge on any atom is 0.0512 e. The van der Waals surface area contributed by atoms with E-state index in [2.05, 4.69) is 4.90 Å². The summed E-state index contributed by atoms with van der Waals surface area (Å²) in [5, 5.41) is 10.4. The van der Waals surface area contributed by atoms with Crippen LogP contribution in [0.15, 0.2) is 24.3 Å². The van der Waals surface area contributed by atoms with Gasteiger partial charge in [0.25, 0.3) is 0 Å². The summed E-state index contributed by atoms with van der Waals surface area (Å²) in [6, 6.07) is 7.86. The molecule has 1 aliphatic heterocycles. The molecule has 1 fully saturated rings. The summed E-state index contributed by atoms with van der Waals surface area (Å²) < 4.78 is 0. The molecule has 1 aliphatic rings. The van der Waals surface area contributed by atoms with Gasteiger partial charge < -0.3 is 10.0 Å². The molecule has 1 heterocycles. The molecule has 1 atom stereocenters. The smallest absolute Gasteiger partial charge is 0.0512 e. The van der Waals surface area contributed by atoms with Crippen LogP contribution in [-0.4, -0.2) is 36.2 Å². The molecule has 3 heteroatoms. The highest BCUT2D eigenvalue weighted by molar-refractivity contribution is 6.31. The number of aliphatic hydroxyl groups excluding tert-OH is 1. The summed E-state index contributed by atoms with van der Waals surface area (Å²) in [7, 11) is 0. The van der Waals surface area contributed by atoms with Gasteiger partial charge in [0.2, 0.25) is 0 Å². The minimum absolute atomic E-state index is 0.136. The van der Waals surface area contributed by atoms with Crippen molar-refractivity contribution in [3.8, 4) is 0 Å². The van der Waals surface area contributed by atoms with Crippen LogP contribution in [0.1, 0.15) is 37.2 Å². The van der Waals surface area contributed by atoms with Crippen molar-refractivity contribution >= 4 is 11.6 Å². The molecule has 1 aromatic rings. The molecule has 2 nitrogen and oxygen atoms in total. The molecular formula is C15H22ClNO. The van der Waals surface area contributed by atoms with Crippen LogP contribution < -0.4 is 0 Å². The minimum Gasteiger partial charge on any atom is -0.396 e. The van der Waals surface area contributed by atoms with E-state index in [9.17, 15) is 5.11 Å². The summed E-state index contributed by atoms with van der Waals surface area (Å²) >= 11 is 6.22. The fraction of sp³-hybridized carbons (Fsp3) is 0.600. The Kier molecular flexibility index (Phi) is 5.48. The van der Waals surface area contributed by atoms with Gasteiger partial charge in [-0.3, -0.25) is 0 Å². The molecule has 0 saturated carbocycles. The number of hydrogen-bond acceptors (Lipinski definition) is 2. The standard InChI is InChI=1S/C15H22ClNO/c16-15-8-4-3-7-14(15)13(12-18)11-17-9-5-1-2-6-10-17/h3-4,7-8,13,18H,1-2,5-6,9-12H2. The molecule has 1 N–H and O–H groups in total. The van der Waals surface area contributed by atoms with Crippen LogP contribution >= 0.6 is 11.6 Å². The van der Waals surface area contributed by atoms with Gasteiger partial charge in [0.1, 0.15) is 0 Å². The van der Waals surface area contributed by atoms with E-state index in [1.165, 1.54) is 25.7 Å². The lowest BCUT2D eigenvalue weighted by Crippen LogP contribution is -2.31. The van der Waals surface area contributed by atoms with Crippen LogP contribution in [0.4, 0.5) is 0 Å². The highest BCUT2D eigenvalue weighted by Gasteiger charge is 2.18. The molecule has 0 amide bonds. The van der Waals surface area contributed by atoms with Gasteiger partial charge in [-0.25, -0.2) is 0 Å². The third kappa shape index (κ3) is 3.71. The summed E-state index contributed by atoms with van der Waals surface area (Å²) in [6.07, 6.45) is 5.24. The Morgan fingerprint density at radius 2 is 1.78 bits per heavy atom. The fourth-order valence-electron chi connectivity index (χ4n) is 2.69. The fourth-order valence-corrected chi connectivity index (χ4v) is 2.98. The van der Waals surface area contributed by atoms with Gasteiger partial charge in [-0.2, -0.15) is 0 Å². The second-order valence-electron chi connectivity index (χ2n) is 5.12. The maximum atomic E-state index is 9.62. The van der Waals surface area contributed by atoms with Crippen LogP contribution in [0.2, 0.25) is 5.02 Å². The number of likely N-dealkylation sites (tertiary alicyclic amines) is 1. The highest BCUT2D eigenvalue weighted by atomic mass is 35.5. The predicted octanol–water partition coefficient (Wildman–Crippen LogP) is 3.29. The van der Waals surface area contributed by atoms with Crippen molar-refractivity contribution in [1.29, 1.82) is 0 Å². The normalized spacial score (nSPS) is 19.4. The van der Waals surface area contributed by atoms with E-state index in [1.54, 1.807) is 0 Å². The van der Waals surface area contributed by atoms with Crippen molar-refractivity contribution in [2.24, 2.45) is 0 Å². The van der Waals surface area contributed by atoms with Crippen LogP contribution in [0.25, 0.3) is 0 Å². The predicted molar refractivity (Wildman–Crippen MR) is 76.2 cm³/mol. The van der Waals surface area contributed by atoms with Crippen molar-refractivity contribution in [2.75, 3.05) is 26.2 Å². The Labute approximate surface area is 115 Å². The Bertz CT molecular complexity index is 361. The zero-order valence-corrected chi connectivity index (χ0v) is 11.6. The number of rotatable bonds is 4. The van der Waals surface area contributed by atoms with Gasteiger partial charge in [-0.1, -0.05) is 42.6 Å². The molecule has 18 heavy (non-hydrogen) atoms. The molecule has 0 bridgehead atoms. The molecule has 100 valence electrons. The molecular weight excluding hydrogens is 246 g/mol. The maximum absolute atomic E-state index is 9.62. The Balaban J connectivity index is 2.02. The first-order valence-corrected chi connectivity index (χ1v) is 7.26. The van der Waals surface area contributed by atoms with Gasteiger partial charge in [0, 0.05) is 17.5 Å². The first-order chi connectivity index (χ1) is 8.81. The van der Waals surface area contributed by atoms with E-state index in [0.717, 1.165) is 30.2 Å². The Morgan fingerprint density at radius 3 is 2.39 bits per heavy atom. The average molecular weight is 268 g/mol. The first-order valence-electron chi connectivity index (χ1n) is 6.89. The van der Waals surface area contributed by atoms with Gasteiger partial charge in [0.05, 0.1) is 6.61 Å². The Hall–Kier alpha value is -0.570. The first kappa shape index (κ1) is 13.9. The quantitative estimate of drug-likeness (QED) is 0.905. The number of hydrogen-bond donors (Lipinski definition) is 1. The lowest BCUT2D eigenvalue weighted by atomic mass is 9.99. The second-order valence-corrected chi connectivity index (χ2v) is 5.52. The lowest BCUT2D eigenvalue weighted by molar-refractivity contribution is 0.204. The average Bonchev–Trinajstić information content (AvgIpc) is 2.65. The molecule has 1 saturated heterocycles. The van der Waals surface area contributed by atoms with E-state index < -0.39 is 0 Å². The monoisotopic (exact) mass is 267 g/mol. The second kappa shape index (κ2) is 7.13. The highest BCUT2D eigenvalue weighted by Crippen LogP contribution is 2.25. The van der Waals surface area contributed by atoms with Gasteiger partial charge >= 0.3 is 0 Å². The summed E-state index contributed by atoms with van der Waals surface area (Å²) in [5.74, 6) is 0.136. The van der Waals surface area contributed by atoms with E-state index in [-0.39, 0.29) is 12.5 Å². The number of nitrogens with zero attached hydrogens (tertiary/aromatic N) is 1. The van der Waals surface area contributed by atoms with Crippen molar-refractivity contribution in [3.05, 3.63) is 34.9 Å². The van der Waals surface area contributed by atoms with Crippen LogP contribution in [0.5, 0.6) is 0 Å². The van der Waals surface area contributed by atoms with Crippen molar-refractivity contribution < 1.29 is 5.11 Å². The summed E-state index contributed by atoms with van der Waals surface area (Å²) in [6.45, 7) is 3.39. The number of benzene rings is 1. The molecule has 2 rings (SSSR count). The molecule has 0 radical (unpaired) electrons. The molecule has 0 aromatic heterocycles. The van der Waals surface area contributed by atoms with Crippen molar-refractivity contribution in [2.45, 2.75) is 31.6 Å². The topological polar surface area (TPSA) is 23.5 Å². The number of aliphatic hydroxyl groups is 1. The molecule has 1 aromatic carbocycles. The third-order valence-electron chi connectivity index (χ3n) is 3.74. The van der Waals surface area contributed by atoms with E-state index in [4.69, 9.17) is 11.6 Å². The SMILES string of the molecule is OCC(CN1CCCCCC1)c1ccccc1Cl. The van der Waals surface area contributed by atoms with Gasteiger partial charge in [0.15, 0.2) is 0 Å². The van der Waals surface area contributed by atoms with E-state index >= 15 is 0 Å². The zero-order valence-electron chi connectivity index (χ0n) is 10.8. The minimum atomic E-state index is 0.136. The molecule has 0 spiro atoms. The lowest BCUT2D eigenvalue weighted by Gasteiger charge is -2.25. The Morgan fingerprint density at radius 1 is 1.11 bits per heavy atom. The van der Waals surface area contributed by atoms with Crippen molar-refractivity contribution in [1.82, 2.24) is 4.90 Å². The molecule has 0 aliphatic carbocycles. The van der Waals surface area contributed by atoms with Crippen LogP contribution in [0.3, 0.4) is 0 Å². The van der Waals surface area contributed by atoms with E-state index in [1.807, 2.05) is 24.3 Å². The number of halogens is 1. The van der Waals surface area contributed by atoms with Gasteiger partial charge in [-0.15, -0.1) is 0 Å². The van der Waals surface area contributed by atoms with Gasteiger partial charge in [-0.05, 0) is 37.6 Å². The largest absolute Gasteiger partial charge is 0.396 e.